The van der Waals surface area contributed by atoms with E-state index in [1.165, 1.54) is 24.2 Å². The molecule has 0 unspecified atom stereocenters. The Morgan fingerprint density at radius 1 is 1.12 bits per heavy atom. The van der Waals surface area contributed by atoms with E-state index in [0.717, 1.165) is 11.8 Å². The van der Waals surface area contributed by atoms with Gasteiger partial charge < -0.3 is 10.2 Å². The van der Waals surface area contributed by atoms with Crippen LogP contribution < -0.4 is 10.2 Å². The van der Waals surface area contributed by atoms with Crippen molar-refractivity contribution in [3.8, 4) is 0 Å². The Morgan fingerprint density at radius 3 is 2.18 bits per heavy atom. The zero-order chi connectivity index (χ0) is 12.4. The van der Waals surface area contributed by atoms with Gasteiger partial charge in [-0.15, -0.1) is 0 Å². The highest BCUT2D eigenvalue weighted by molar-refractivity contribution is 5.54. The summed E-state index contributed by atoms with van der Waals surface area (Å²) in [6, 6.07) is 9.38. The van der Waals surface area contributed by atoms with Crippen LogP contribution in [0.2, 0.25) is 0 Å². The van der Waals surface area contributed by atoms with Crippen LogP contribution in [0, 0.1) is 11.8 Å². The predicted molar refractivity (Wildman–Crippen MR) is 75.7 cm³/mol. The molecule has 0 aliphatic heterocycles. The van der Waals surface area contributed by atoms with Crippen molar-refractivity contribution < 1.29 is 0 Å². The lowest BCUT2D eigenvalue weighted by atomic mass is 9.73. The van der Waals surface area contributed by atoms with Gasteiger partial charge in [-0.2, -0.15) is 0 Å². The number of nitrogens with one attached hydrogen (secondary N) is 1. The van der Waals surface area contributed by atoms with E-state index < -0.39 is 0 Å². The lowest BCUT2D eigenvalue weighted by Crippen LogP contribution is -2.37. The van der Waals surface area contributed by atoms with Crippen molar-refractivity contribution in [2.45, 2.75) is 32.7 Å². The minimum Gasteiger partial charge on any atom is -0.382 e. The number of hydrogen-bond donors (Lipinski definition) is 1. The molecule has 0 spiro atoms. The van der Waals surface area contributed by atoms with Crippen LogP contribution in [0.4, 0.5) is 11.4 Å². The molecule has 2 rings (SSSR count). The molecular formula is C15H24N2. The minimum absolute atomic E-state index is 0.688. The number of benzene rings is 1. The zero-order valence-electron chi connectivity index (χ0n) is 11.4. The first-order valence-electron chi connectivity index (χ1n) is 6.60. The second-order valence-electron chi connectivity index (χ2n) is 5.76. The van der Waals surface area contributed by atoms with Crippen molar-refractivity contribution >= 4 is 11.4 Å². The summed E-state index contributed by atoms with van der Waals surface area (Å²) in [5.74, 6) is 1.76. The molecule has 94 valence electrons. The summed E-state index contributed by atoms with van der Waals surface area (Å²) in [5, 5.41) is 3.61. The van der Waals surface area contributed by atoms with Crippen LogP contribution in [-0.4, -0.2) is 20.1 Å². The second kappa shape index (κ2) is 4.99. The normalized spacial score (nSPS) is 23.4. The Balaban J connectivity index is 1.84. The highest BCUT2D eigenvalue weighted by Gasteiger charge is 2.30. The fraction of sp³-hybridized carbons (Fsp3) is 0.600. The maximum atomic E-state index is 3.61. The lowest BCUT2D eigenvalue weighted by molar-refractivity contribution is 0.212. The largest absolute Gasteiger partial charge is 0.382 e. The van der Waals surface area contributed by atoms with E-state index in [0.29, 0.717) is 6.04 Å². The topological polar surface area (TPSA) is 15.3 Å². The molecule has 1 aromatic rings. The summed E-state index contributed by atoms with van der Waals surface area (Å²) < 4.78 is 0. The quantitative estimate of drug-likeness (QED) is 0.853. The van der Waals surface area contributed by atoms with Crippen LogP contribution in [0.25, 0.3) is 0 Å². The summed E-state index contributed by atoms with van der Waals surface area (Å²) in [6.07, 6.45) is 2.65. The van der Waals surface area contributed by atoms with Crippen molar-refractivity contribution in [2.75, 3.05) is 24.3 Å². The van der Waals surface area contributed by atoms with Crippen LogP contribution in [0.15, 0.2) is 24.3 Å². The average molecular weight is 232 g/mol. The standard InChI is InChI=1S/C15H24N2/c1-11(2)12-9-14(10-12)16-13-5-7-15(8-6-13)17(3)4/h5-8,11-12,14,16H,9-10H2,1-4H3. The molecule has 0 radical (unpaired) electrons. The highest BCUT2D eigenvalue weighted by Crippen LogP contribution is 2.35. The average Bonchev–Trinajstić information content (AvgIpc) is 2.23. The highest BCUT2D eigenvalue weighted by atomic mass is 15.1. The minimum atomic E-state index is 0.688. The maximum absolute atomic E-state index is 3.61. The Morgan fingerprint density at radius 2 is 1.71 bits per heavy atom. The van der Waals surface area contributed by atoms with Gasteiger partial charge in [-0.3, -0.25) is 0 Å². The molecule has 1 N–H and O–H groups in total. The van der Waals surface area contributed by atoms with Crippen LogP contribution in [0.1, 0.15) is 26.7 Å². The lowest BCUT2D eigenvalue weighted by Gasteiger charge is -2.39. The van der Waals surface area contributed by atoms with Gasteiger partial charge in [0.1, 0.15) is 0 Å². The van der Waals surface area contributed by atoms with Crippen molar-refractivity contribution in [1.82, 2.24) is 0 Å². The molecule has 0 bridgehead atoms. The molecule has 0 aromatic heterocycles. The molecular weight excluding hydrogens is 208 g/mol. The molecule has 1 aliphatic rings. The molecule has 0 amide bonds. The molecule has 0 heterocycles. The van der Waals surface area contributed by atoms with Crippen LogP contribution in [-0.2, 0) is 0 Å². The zero-order valence-corrected chi connectivity index (χ0v) is 11.4. The first-order valence-corrected chi connectivity index (χ1v) is 6.60. The van der Waals surface area contributed by atoms with E-state index in [1.807, 2.05) is 0 Å². The predicted octanol–water partition coefficient (Wildman–Crippen LogP) is 3.60. The Labute approximate surface area is 105 Å². The van der Waals surface area contributed by atoms with Gasteiger partial charge in [0.2, 0.25) is 0 Å². The molecule has 1 saturated carbocycles. The van der Waals surface area contributed by atoms with Crippen LogP contribution >= 0.6 is 0 Å². The van der Waals surface area contributed by atoms with E-state index in [4.69, 9.17) is 0 Å². The Kier molecular flexibility index (Phi) is 3.60. The van der Waals surface area contributed by atoms with Gasteiger partial charge >= 0.3 is 0 Å². The monoisotopic (exact) mass is 232 g/mol. The second-order valence-corrected chi connectivity index (χ2v) is 5.76. The van der Waals surface area contributed by atoms with Crippen molar-refractivity contribution in [2.24, 2.45) is 11.8 Å². The number of rotatable bonds is 4. The van der Waals surface area contributed by atoms with Crippen molar-refractivity contribution in [3.63, 3.8) is 0 Å². The molecule has 2 nitrogen and oxygen atoms in total. The Hall–Kier alpha value is -1.18. The molecule has 2 heteroatoms. The Bertz CT molecular complexity index is 348. The van der Waals surface area contributed by atoms with Gasteiger partial charge in [0.15, 0.2) is 0 Å². The molecule has 1 fully saturated rings. The third-order valence-corrected chi connectivity index (χ3v) is 3.87. The molecule has 1 aromatic carbocycles. The van der Waals surface area contributed by atoms with E-state index >= 15 is 0 Å². The van der Waals surface area contributed by atoms with Gasteiger partial charge in [0.25, 0.3) is 0 Å². The molecule has 0 atom stereocenters. The van der Waals surface area contributed by atoms with E-state index in [9.17, 15) is 0 Å². The van der Waals surface area contributed by atoms with Crippen LogP contribution in [0.5, 0.6) is 0 Å². The first-order chi connectivity index (χ1) is 8.06. The SMILES string of the molecule is CC(C)C1CC(Nc2ccc(N(C)C)cc2)C1. The summed E-state index contributed by atoms with van der Waals surface area (Å²) in [4.78, 5) is 2.13. The summed E-state index contributed by atoms with van der Waals surface area (Å²) >= 11 is 0. The smallest absolute Gasteiger partial charge is 0.0362 e. The molecule has 0 saturated heterocycles. The van der Waals surface area contributed by atoms with E-state index in [2.05, 4.69) is 62.4 Å². The number of nitrogens with zero attached hydrogens (tertiary/aromatic N) is 1. The van der Waals surface area contributed by atoms with Crippen molar-refractivity contribution in [3.05, 3.63) is 24.3 Å². The third-order valence-electron chi connectivity index (χ3n) is 3.87. The summed E-state index contributed by atoms with van der Waals surface area (Å²) in [6.45, 7) is 4.65. The summed E-state index contributed by atoms with van der Waals surface area (Å²) in [7, 11) is 4.14. The number of hydrogen-bond acceptors (Lipinski definition) is 2. The van der Waals surface area contributed by atoms with E-state index in [-0.39, 0.29) is 0 Å². The van der Waals surface area contributed by atoms with Gasteiger partial charge in [0.05, 0.1) is 0 Å². The van der Waals surface area contributed by atoms with Gasteiger partial charge in [-0.1, -0.05) is 13.8 Å². The van der Waals surface area contributed by atoms with Crippen LogP contribution in [0.3, 0.4) is 0 Å². The maximum Gasteiger partial charge on any atom is 0.0362 e. The van der Waals surface area contributed by atoms with Gasteiger partial charge in [-0.25, -0.2) is 0 Å². The van der Waals surface area contributed by atoms with E-state index in [1.54, 1.807) is 0 Å². The van der Waals surface area contributed by atoms with Gasteiger partial charge in [-0.05, 0) is 48.9 Å². The molecule has 17 heavy (non-hydrogen) atoms. The first kappa shape index (κ1) is 12.3. The molecule has 1 aliphatic carbocycles. The number of anilines is 2. The fourth-order valence-corrected chi connectivity index (χ4v) is 2.42. The third kappa shape index (κ3) is 2.93. The fourth-order valence-electron chi connectivity index (χ4n) is 2.42. The van der Waals surface area contributed by atoms with Crippen molar-refractivity contribution in [1.29, 1.82) is 0 Å². The van der Waals surface area contributed by atoms with Gasteiger partial charge in [0, 0.05) is 31.5 Å². The summed E-state index contributed by atoms with van der Waals surface area (Å²) in [5.41, 5.74) is 2.51.